The van der Waals surface area contributed by atoms with E-state index in [1.165, 1.54) is 48.4 Å². The largest absolute Gasteiger partial charge is 0.497 e. The van der Waals surface area contributed by atoms with Gasteiger partial charge in [-0.1, -0.05) is 0 Å². The van der Waals surface area contributed by atoms with E-state index >= 15 is 0 Å². The smallest absolute Gasteiger partial charge is 0.339 e. The summed E-state index contributed by atoms with van der Waals surface area (Å²) in [6.45, 7) is 1.32. The molecule has 1 aliphatic rings. The normalized spacial score (nSPS) is 13.8. The monoisotopic (exact) mass is 399 g/mol. The van der Waals surface area contributed by atoms with E-state index in [2.05, 4.69) is 0 Å². The molecule has 1 saturated heterocycles. The lowest BCUT2D eigenvalue weighted by Crippen LogP contribution is -2.43. The standard InChI is InChI=1S/C20H18FN3O5/c1-3-22(14-6-4-13(21)5-7-14)17(25)12-23-18(26)19(27)24(20(23)28)15-8-10-16(29-2)11-9-15/h4-11H,3,12H2,1-2H3. The van der Waals surface area contributed by atoms with Gasteiger partial charge in [0.1, 0.15) is 18.1 Å². The van der Waals surface area contributed by atoms with Gasteiger partial charge in [0, 0.05) is 12.2 Å². The Kier molecular flexibility index (Phi) is 5.58. The fourth-order valence-electron chi connectivity index (χ4n) is 2.95. The highest BCUT2D eigenvalue weighted by molar-refractivity contribution is 6.53. The van der Waals surface area contributed by atoms with Gasteiger partial charge in [0.25, 0.3) is 0 Å². The first-order valence-corrected chi connectivity index (χ1v) is 8.77. The highest BCUT2D eigenvalue weighted by atomic mass is 19.1. The lowest BCUT2D eigenvalue weighted by Gasteiger charge is -2.23. The fourth-order valence-corrected chi connectivity index (χ4v) is 2.95. The molecule has 9 heteroatoms. The molecule has 0 spiro atoms. The first-order valence-electron chi connectivity index (χ1n) is 8.77. The van der Waals surface area contributed by atoms with Crippen molar-refractivity contribution in [1.82, 2.24) is 4.90 Å². The van der Waals surface area contributed by atoms with Crippen molar-refractivity contribution in [2.75, 3.05) is 30.0 Å². The van der Waals surface area contributed by atoms with Gasteiger partial charge in [-0.05, 0) is 55.5 Å². The van der Waals surface area contributed by atoms with Crippen molar-refractivity contribution in [2.45, 2.75) is 6.92 Å². The summed E-state index contributed by atoms with van der Waals surface area (Å²) in [4.78, 5) is 52.6. The molecule has 1 aliphatic heterocycles. The summed E-state index contributed by atoms with van der Waals surface area (Å²) in [5.41, 5.74) is 0.603. The van der Waals surface area contributed by atoms with Crippen molar-refractivity contribution < 1.29 is 28.3 Å². The molecule has 0 radical (unpaired) electrons. The number of carbonyl (C=O) groups is 4. The Hall–Kier alpha value is -3.75. The van der Waals surface area contributed by atoms with Gasteiger partial charge in [-0.25, -0.2) is 19.0 Å². The van der Waals surface area contributed by atoms with Crippen LogP contribution in [0.5, 0.6) is 5.75 Å². The summed E-state index contributed by atoms with van der Waals surface area (Å²) in [5.74, 6) is -2.65. The van der Waals surface area contributed by atoms with Crippen molar-refractivity contribution in [3.8, 4) is 5.75 Å². The van der Waals surface area contributed by atoms with Crippen molar-refractivity contribution in [3.05, 3.63) is 54.3 Å². The van der Waals surface area contributed by atoms with Gasteiger partial charge < -0.3 is 9.64 Å². The minimum Gasteiger partial charge on any atom is -0.497 e. The first-order chi connectivity index (χ1) is 13.9. The summed E-state index contributed by atoms with van der Waals surface area (Å²) in [6.07, 6.45) is 0. The van der Waals surface area contributed by atoms with Crippen molar-refractivity contribution in [1.29, 1.82) is 0 Å². The van der Waals surface area contributed by atoms with E-state index < -0.39 is 36.1 Å². The molecule has 0 atom stereocenters. The average molecular weight is 399 g/mol. The molecule has 0 unspecified atom stereocenters. The van der Waals surface area contributed by atoms with Crippen LogP contribution in [0.25, 0.3) is 0 Å². The molecule has 2 aromatic rings. The van der Waals surface area contributed by atoms with E-state index in [0.29, 0.717) is 21.2 Å². The van der Waals surface area contributed by atoms with E-state index in [1.54, 1.807) is 19.1 Å². The summed E-state index contributed by atoms with van der Waals surface area (Å²) in [5, 5.41) is 0. The number of anilines is 2. The molecule has 29 heavy (non-hydrogen) atoms. The maximum atomic E-state index is 13.1. The molecule has 1 heterocycles. The van der Waals surface area contributed by atoms with Crippen LogP contribution in [-0.2, 0) is 14.4 Å². The SMILES string of the molecule is CCN(C(=O)CN1C(=O)C(=O)N(c2ccc(OC)cc2)C1=O)c1ccc(F)cc1. The highest BCUT2D eigenvalue weighted by Crippen LogP contribution is 2.25. The van der Waals surface area contributed by atoms with E-state index in [4.69, 9.17) is 4.74 Å². The number of nitrogens with zero attached hydrogens (tertiary/aromatic N) is 3. The highest BCUT2D eigenvalue weighted by Gasteiger charge is 2.46. The average Bonchev–Trinajstić information content (AvgIpc) is 2.93. The summed E-state index contributed by atoms with van der Waals surface area (Å²) < 4.78 is 18.2. The van der Waals surface area contributed by atoms with Crippen LogP contribution in [0.2, 0.25) is 0 Å². The fraction of sp³-hybridized carbons (Fsp3) is 0.200. The minimum absolute atomic E-state index is 0.190. The number of likely N-dealkylation sites (N-methyl/N-ethyl adjacent to an activating group) is 1. The second-order valence-corrected chi connectivity index (χ2v) is 6.13. The first kappa shape index (κ1) is 20.0. The van der Waals surface area contributed by atoms with Crippen LogP contribution in [0.15, 0.2) is 48.5 Å². The van der Waals surface area contributed by atoms with Gasteiger partial charge in [-0.15, -0.1) is 0 Å². The van der Waals surface area contributed by atoms with Crippen LogP contribution in [0.1, 0.15) is 6.92 Å². The molecule has 3 rings (SSSR count). The third kappa shape index (κ3) is 3.79. The van der Waals surface area contributed by atoms with Crippen LogP contribution in [0, 0.1) is 5.82 Å². The Bertz CT molecular complexity index is 959. The Balaban J connectivity index is 1.80. The quantitative estimate of drug-likeness (QED) is 0.549. The zero-order valence-corrected chi connectivity index (χ0v) is 15.8. The van der Waals surface area contributed by atoms with Gasteiger partial charge in [0.15, 0.2) is 0 Å². The third-order valence-corrected chi connectivity index (χ3v) is 4.43. The van der Waals surface area contributed by atoms with Gasteiger partial charge in [0.2, 0.25) is 5.91 Å². The van der Waals surface area contributed by atoms with Gasteiger partial charge in [-0.2, -0.15) is 0 Å². The van der Waals surface area contributed by atoms with Crippen LogP contribution >= 0.6 is 0 Å². The molecule has 1 fully saturated rings. The van der Waals surface area contributed by atoms with Crippen LogP contribution in [-0.4, -0.2) is 48.9 Å². The number of carbonyl (C=O) groups excluding carboxylic acids is 4. The molecule has 5 amide bonds. The molecule has 2 aromatic carbocycles. The van der Waals surface area contributed by atoms with Crippen LogP contribution < -0.4 is 14.5 Å². The Morgan fingerprint density at radius 3 is 2.17 bits per heavy atom. The van der Waals surface area contributed by atoms with Crippen LogP contribution in [0.4, 0.5) is 20.6 Å². The number of amides is 5. The lowest BCUT2D eigenvalue weighted by atomic mass is 10.2. The second kappa shape index (κ2) is 8.09. The van der Waals surface area contributed by atoms with Crippen molar-refractivity contribution in [3.63, 3.8) is 0 Å². The molecule has 0 bridgehead atoms. The molecule has 0 aromatic heterocycles. The zero-order valence-electron chi connectivity index (χ0n) is 15.8. The number of benzene rings is 2. The van der Waals surface area contributed by atoms with Crippen LogP contribution in [0.3, 0.4) is 0 Å². The molecule has 0 aliphatic carbocycles. The van der Waals surface area contributed by atoms with Crippen molar-refractivity contribution >= 4 is 35.1 Å². The number of imide groups is 2. The number of methoxy groups -OCH3 is 1. The second-order valence-electron chi connectivity index (χ2n) is 6.13. The van der Waals surface area contributed by atoms with E-state index in [1.807, 2.05) is 0 Å². The lowest BCUT2D eigenvalue weighted by molar-refractivity contribution is -0.140. The predicted molar refractivity (Wildman–Crippen MR) is 102 cm³/mol. The summed E-state index contributed by atoms with van der Waals surface area (Å²) in [7, 11) is 1.47. The number of halogens is 1. The number of urea groups is 1. The number of hydrogen-bond donors (Lipinski definition) is 0. The topological polar surface area (TPSA) is 87.2 Å². The molecule has 8 nitrogen and oxygen atoms in total. The maximum absolute atomic E-state index is 13.1. The Morgan fingerprint density at radius 2 is 1.62 bits per heavy atom. The van der Waals surface area contributed by atoms with E-state index in [-0.39, 0.29) is 12.2 Å². The van der Waals surface area contributed by atoms with Gasteiger partial charge >= 0.3 is 17.8 Å². The van der Waals surface area contributed by atoms with E-state index in [0.717, 1.165) is 0 Å². The molecule has 150 valence electrons. The number of ether oxygens (including phenoxy) is 1. The Morgan fingerprint density at radius 1 is 1.00 bits per heavy atom. The number of hydrogen-bond acceptors (Lipinski definition) is 5. The zero-order chi connectivity index (χ0) is 21.1. The van der Waals surface area contributed by atoms with Gasteiger partial charge in [0.05, 0.1) is 12.8 Å². The summed E-state index contributed by atoms with van der Waals surface area (Å²) >= 11 is 0. The maximum Gasteiger partial charge on any atom is 0.339 e. The molecular weight excluding hydrogens is 381 g/mol. The van der Waals surface area contributed by atoms with Crippen molar-refractivity contribution in [2.24, 2.45) is 0 Å². The predicted octanol–water partition coefficient (Wildman–Crippen LogP) is 2.18. The third-order valence-electron chi connectivity index (χ3n) is 4.43. The Labute approximate surface area is 166 Å². The summed E-state index contributed by atoms with van der Waals surface area (Å²) in [6, 6.07) is 10.3. The molecular formula is C20H18FN3O5. The van der Waals surface area contributed by atoms with Gasteiger partial charge in [-0.3, -0.25) is 14.4 Å². The minimum atomic E-state index is -1.09. The molecule has 0 saturated carbocycles. The van der Waals surface area contributed by atoms with E-state index in [9.17, 15) is 23.6 Å². The number of rotatable bonds is 6. The molecule has 0 N–H and O–H groups in total.